The summed E-state index contributed by atoms with van der Waals surface area (Å²) in [5.41, 5.74) is 0.783. The van der Waals surface area contributed by atoms with Crippen molar-refractivity contribution in [2.75, 3.05) is 26.2 Å². The van der Waals surface area contributed by atoms with Crippen LogP contribution < -0.4 is 10.2 Å². The zero-order valence-electron chi connectivity index (χ0n) is 16.1. The largest absolute Gasteiger partial charge is 0.350 e. The van der Waals surface area contributed by atoms with E-state index < -0.39 is 0 Å². The number of nitrogens with zero attached hydrogens (tertiary/aromatic N) is 3. The van der Waals surface area contributed by atoms with Gasteiger partial charge in [0, 0.05) is 18.5 Å². The van der Waals surface area contributed by atoms with E-state index in [1.807, 2.05) is 6.92 Å². The first-order chi connectivity index (χ1) is 13.0. The van der Waals surface area contributed by atoms with Crippen LogP contribution in [0.1, 0.15) is 55.2 Å². The lowest BCUT2D eigenvalue weighted by Gasteiger charge is -2.27. The molecule has 1 atom stereocenters. The van der Waals surface area contributed by atoms with Crippen molar-refractivity contribution in [2.45, 2.75) is 39.2 Å². The number of carbonyl (C=O) groups excluding carboxylic acids is 1. The topological polar surface area (TPSA) is 64.2 Å². The van der Waals surface area contributed by atoms with E-state index >= 15 is 0 Å². The maximum Gasteiger partial charge on any atom is 0.273 e. The fraction of sp³-hybridized carbons (Fsp3) is 0.550. The van der Waals surface area contributed by atoms with Gasteiger partial charge in [-0.2, -0.15) is 0 Å². The number of halogens is 1. The lowest BCUT2D eigenvalue weighted by atomic mass is 9.99. The lowest BCUT2D eigenvalue weighted by Crippen LogP contribution is -3.13. The van der Waals surface area contributed by atoms with Crippen molar-refractivity contribution in [2.24, 2.45) is 5.92 Å². The maximum atomic E-state index is 13.9. The molecule has 1 aliphatic rings. The summed E-state index contributed by atoms with van der Waals surface area (Å²) < 4.78 is 15.4. The molecule has 27 heavy (non-hydrogen) atoms. The lowest BCUT2D eigenvalue weighted by molar-refractivity contribution is -0.906. The van der Waals surface area contributed by atoms with Crippen molar-refractivity contribution in [3.63, 3.8) is 0 Å². The van der Waals surface area contributed by atoms with Gasteiger partial charge in [0.1, 0.15) is 5.82 Å². The summed E-state index contributed by atoms with van der Waals surface area (Å²) in [5.74, 6) is 0.327. The fourth-order valence-electron chi connectivity index (χ4n) is 3.58. The van der Waals surface area contributed by atoms with Crippen LogP contribution in [0.3, 0.4) is 0 Å². The molecule has 7 heteroatoms. The molecular weight excluding hydrogens is 345 g/mol. The Labute approximate surface area is 159 Å². The first kappa shape index (κ1) is 19.5. The van der Waals surface area contributed by atoms with Gasteiger partial charge >= 0.3 is 0 Å². The van der Waals surface area contributed by atoms with Crippen LogP contribution in [0.5, 0.6) is 0 Å². The second-order valence-electron chi connectivity index (χ2n) is 7.57. The second-order valence-corrected chi connectivity index (χ2v) is 7.57. The molecule has 2 heterocycles. The van der Waals surface area contributed by atoms with E-state index in [9.17, 15) is 9.18 Å². The molecule has 0 saturated carbocycles. The molecule has 0 aliphatic carbocycles. The number of rotatable bonds is 7. The van der Waals surface area contributed by atoms with Crippen LogP contribution in [0.4, 0.5) is 4.39 Å². The monoisotopic (exact) mass is 374 g/mol. The summed E-state index contributed by atoms with van der Waals surface area (Å²) in [6.07, 6.45) is 5.12. The van der Waals surface area contributed by atoms with Crippen LogP contribution in [0.25, 0.3) is 0 Å². The highest BCUT2D eigenvalue weighted by atomic mass is 19.1. The predicted octanol–water partition coefficient (Wildman–Crippen LogP) is 1.46. The van der Waals surface area contributed by atoms with Gasteiger partial charge in [0.25, 0.3) is 5.91 Å². The van der Waals surface area contributed by atoms with Gasteiger partial charge in [-0.3, -0.25) is 4.79 Å². The highest BCUT2D eigenvalue weighted by molar-refractivity contribution is 5.91. The molecule has 1 amide bonds. The van der Waals surface area contributed by atoms with E-state index in [1.165, 1.54) is 36.7 Å². The molecule has 0 radical (unpaired) electrons. The number of benzene rings is 1. The normalized spacial score (nSPS) is 21.0. The number of carbonyl (C=O) groups is 1. The summed E-state index contributed by atoms with van der Waals surface area (Å²) in [4.78, 5) is 13.9. The highest BCUT2D eigenvalue weighted by Gasteiger charge is 2.19. The molecule has 0 bridgehead atoms. The molecule has 1 aromatic carbocycles. The number of amides is 1. The number of aromatic nitrogens is 3. The fourth-order valence-corrected chi connectivity index (χ4v) is 3.58. The van der Waals surface area contributed by atoms with Crippen LogP contribution in [0.15, 0.2) is 30.5 Å². The first-order valence-electron chi connectivity index (χ1n) is 9.82. The van der Waals surface area contributed by atoms with Crippen LogP contribution in [-0.4, -0.2) is 47.1 Å². The van der Waals surface area contributed by atoms with Crippen LogP contribution in [0.2, 0.25) is 0 Å². The number of hydrogen-bond acceptors (Lipinski definition) is 3. The van der Waals surface area contributed by atoms with Crippen molar-refractivity contribution in [3.8, 4) is 0 Å². The number of quaternary nitrogens is 1. The van der Waals surface area contributed by atoms with Crippen molar-refractivity contribution in [1.82, 2.24) is 20.3 Å². The predicted molar refractivity (Wildman–Crippen MR) is 101 cm³/mol. The molecule has 1 aliphatic heterocycles. The molecule has 0 spiro atoms. The molecule has 2 N–H and O–H groups in total. The summed E-state index contributed by atoms with van der Waals surface area (Å²) in [5, 5.41) is 10.8. The van der Waals surface area contributed by atoms with E-state index in [0.717, 1.165) is 18.9 Å². The van der Waals surface area contributed by atoms with Gasteiger partial charge in [-0.25, -0.2) is 9.07 Å². The Balaban J connectivity index is 1.46. The Bertz CT molecular complexity index is 754. The van der Waals surface area contributed by atoms with E-state index in [0.29, 0.717) is 12.1 Å². The third-order valence-corrected chi connectivity index (χ3v) is 5.47. The van der Waals surface area contributed by atoms with E-state index in [1.54, 1.807) is 29.3 Å². The first-order valence-corrected chi connectivity index (χ1v) is 9.82. The zero-order chi connectivity index (χ0) is 19.2. The quantitative estimate of drug-likeness (QED) is 0.722. The molecular formula is C20H29FN5O+. The smallest absolute Gasteiger partial charge is 0.273 e. The second kappa shape index (κ2) is 9.08. The molecule has 146 valence electrons. The van der Waals surface area contributed by atoms with Gasteiger partial charge in [-0.15, -0.1) is 5.10 Å². The maximum absolute atomic E-state index is 13.9. The third-order valence-electron chi connectivity index (χ3n) is 5.47. The van der Waals surface area contributed by atoms with Gasteiger partial charge in [0.15, 0.2) is 5.69 Å². The minimum Gasteiger partial charge on any atom is -0.350 e. The highest BCUT2D eigenvalue weighted by Crippen LogP contribution is 2.19. The Hall–Kier alpha value is -2.28. The minimum atomic E-state index is -0.328. The van der Waals surface area contributed by atoms with Gasteiger partial charge < -0.3 is 10.2 Å². The zero-order valence-corrected chi connectivity index (χ0v) is 16.1. The Kier molecular flexibility index (Phi) is 6.55. The molecule has 1 aromatic heterocycles. The molecule has 0 unspecified atom stereocenters. The van der Waals surface area contributed by atoms with Gasteiger partial charge in [-0.05, 0) is 31.7 Å². The van der Waals surface area contributed by atoms with Crippen molar-refractivity contribution >= 4 is 5.91 Å². The Morgan fingerprint density at radius 2 is 2.11 bits per heavy atom. The van der Waals surface area contributed by atoms with Crippen molar-refractivity contribution in [1.29, 1.82) is 0 Å². The Morgan fingerprint density at radius 3 is 2.85 bits per heavy atom. The SMILES string of the molecule is CC1CC[NH+](CCCNC(=O)c2cn([C@@H](C)c3ccccc3F)nn2)CC1. The average Bonchev–Trinajstić information content (AvgIpc) is 3.17. The summed E-state index contributed by atoms with van der Waals surface area (Å²) in [6, 6.07) is 6.24. The molecule has 3 rings (SSSR count). The van der Waals surface area contributed by atoms with E-state index in [-0.39, 0.29) is 23.5 Å². The minimum absolute atomic E-state index is 0.232. The van der Waals surface area contributed by atoms with Crippen molar-refractivity contribution < 1.29 is 14.1 Å². The van der Waals surface area contributed by atoms with Crippen LogP contribution in [-0.2, 0) is 0 Å². The van der Waals surface area contributed by atoms with Crippen LogP contribution in [0, 0.1) is 11.7 Å². The third kappa shape index (κ3) is 5.13. The summed E-state index contributed by atoms with van der Waals surface area (Å²) in [7, 11) is 0. The number of hydrogen-bond donors (Lipinski definition) is 2. The van der Waals surface area contributed by atoms with Gasteiger partial charge in [-0.1, -0.05) is 30.3 Å². The summed E-state index contributed by atoms with van der Waals surface area (Å²) >= 11 is 0. The standard InChI is InChI=1S/C20H28FN5O/c1-15-8-12-25(13-9-15)11-5-10-22-20(27)19-14-26(24-23-19)16(2)17-6-3-4-7-18(17)21/h3-4,6-7,14-16H,5,8-13H2,1-2H3,(H,22,27)/p+1/t16-/m0/s1. The number of piperidine rings is 1. The molecule has 1 saturated heterocycles. The molecule has 1 fully saturated rings. The molecule has 2 aromatic rings. The van der Waals surface area contributed by atoms with E-state index in [2.05, 4.69) is 22.6 Å². The summed E-state index contributed by atoms with van der Waals surface area (Å²) in [6.45, 7) is 8.33. The van der Waals surface area contributed by atoms with Crippen LogP contribution >= 0.6 is 0 Å². The van der Waals surface area contributed by atoms with E-state index in [4.69, 9.17) is 0 Å². The van der Waals surface area contributed by atoms with Gasteiger partial charge in [0.2, 0.25) is 0 Å². The van der Waals surface area contributed by atoms with Crippen molar-refractivity contribution in [3.05, 3.63) is 47.5 Å². The Morgan fingerprint density at radius 1 is 1.37 bits per heavy atom. The number of nitrogens with one attached hydrogen (secondary N) is 2. The molecule has 6 nitrogen and oxygen atoms in total. The van der Waals surface area contributed by atoms with Gasteiger partial charge in [0.05, 0.1) is 31.9 Å². The number of likely N-dealkylation sites (tertiary alicyclic amines) is 1. The average molecular weight is 374 g/mol.